The highest BCUT2D eigenvalue weighted by molar-refractivity contribution is 6.30. The lowest BCUT2D eigenvalue weighted by Gasteiger charge is -2.17. The van der Waals surface area contributed by atoms with E-state index in [9.17, 15) is 4.79 Å². The molecule has 2 aliphatic heterocycles. The lowest BCUT2D eigenvalue weighted by atomic mass is 9.86. The Hall–Kier alpha value is -1.32. The summed E-state index contributed by atoms with van der Waals surface area (Å²) in [5.41, 5.74) is 0.690. The monoisotopic (exact) mass is 275 g/mol. The highest BCUT2D eigenvalue weighted by Crippen LogP contribution is 2.68. The summed E-state index contributed by atoms with van der Waals surface area (Å²) in [4.78, 5) is 14.6. The predicted molar refractivity (Wildman–Crippen MR) is 71.8 cm³/mol. The summed E-state index contributed by atoms with van der Waals surface area (Å²) in [6.07, 6.45) is 5.43. The summed E-state index contributed by atoms with van der Waals surface area (Å²) in [7, 11) is 1.47. The zero-order chi connectivity index (χ0) is 13.2. The van der Waals surface area contributed by atoms with Crippen molar-refractivity contribution < 1.29 is 9.53 Å². The van der Waals surface area contributed by atoms with Crippen LogP contribution in [-0.2, 0) is 9.53 Å². The Labute approximate surface area is 116 Å². The molecule has 0 spiro atoms. The number of hydrogen-bond donors (Lipinski definition) is 0. The van der Waals surface area contributed by atoms with Gasteiger partial charge in [0.1, 0.15) is 5.54 Å². The third kappa shape index (κ3) is 1.25. The van der Waals surface area contributed by atoms with Gasteiger partial charge < -0.3 is 4.74 Å². The molecule has 4 rings (SSSR count). The topological polar surface area (TPSA) is 29.3 Å². The average molecular weight is 276 g/mol. The third-order valence-corrected chi connectivity index (χ3v) is 4.99. The predicted octanol–water partition coefficient (Wildman–Crippen LogP) is 2.57. The van der Waals surface area contributed by atoms with Crippen molar-refractivity contribution in [2.45, 2.75) is 24.0 Å². The largest absolute Gasteiger partial charge is 0.468 e. The van der Waals surface area contributed by atoms with Crippen LogP contribution in [0.2, 0.25) is 5.02 Å². The first-order chi connectivity index (χ1) is 9.19. The van der Waals surface area contributed by atoms with Crippen LogP contribution in [0.3, 0.4) is 0 Å². The van der Waals surface area contributed by atoms with Crippen LogP contribution in [0.1, 0.15) is 18.0 Å². The summed E-state index contributed by atoms with van der Waals surface area (Å²) >= 11 is 5.93. The number of nitrogens with zero attached hydrogens (tertiary/aromatic N) is 1. The van der Waals surface area contributed by atoms with Gasteiger partial charge in [-0.1, -0.05) is 35.9 Å². The summed E-state index contributed by atoms with van der Waals surface area (Å²) in [6.45, 7) is 0. The first kappa shape index (κ1) is 11.5. The molecule has 3 aliphatic rings. The highest BCUT2D eigenvalue weighted by atomic mass is 35.5. The molecule has 0 N–H and O–H groups in total. The molecule has 19 heavy (non-hydrogen) atoms. The van der Waals surface area contributed by atoms with E-state index >= 15 is 0 Å². The number of esters is 1. The number of rotatable bonds is 2. The summed E-state index contributed by atoms with van der Waals surface area (Å²) in [5, 5.41) is 0.720. The van der Waals surface area contributed by atoms with Crippen LogP contribution in [0.25, 0.3) is 0 Å². The molecule has 0 saturated carbocycles. The van der Waals surface area contributed by atoms with Gasteiger partial charge in [0.15, 0.2) is 0 Å². The summed E-state index contributed by atoms with van der Waals surface area (Å²) < 4.78 is 5.07. The first-order valence-electron chi connectivity index (χ1n) is 6.50. The number of carbonyl (C=O) groups excluding carboxylic acids is 1. The molecule has 1 unspecified atom stereocenters. The van der Waals surface area contributed by atoms with Crippen molar-refractivity contribution >= 4 is 17.6 Å². The van der Waals surface area contributed by atoms with Crippen LogP contribution in [0, 0.1) is 5.92 Å². The van der Waals surface area contributed by atoms with Gasteiger partial charge in [-0.15, -0.1) is 0 Å². The van der Waals surface area contributed by atoms with Gasteiger partial charge in [0.2, 0.25) is 0 Å². The Morgan fingerprint density at radius 1 is 1.37 bits per heavy atom. The normalized spacial score (nSPS) is 41.2. The zero-order valence-corrected chi connectivity index (χ0v) is 11.3. The van der Waals surface area contributed by atoms with Crippen molar-refractivity contribution in [2.24, 2.45) is 5.92 Å². The number of hydrogen-bond acceptors (Lipinski definition) is 3. The second kappa shape index (κ2) is 3.62. The average Bonchev–Trinajstić information content (AvgIpc) is 2.78. The molecule has 98 valence electrons. The number of benzene rings is 1. The number of piperidine rings is 1. The molecule has 2 bridgehead atoms. The molecule has 1 aliphatic carbocycles. The minimum atomic E-state index is -0.456. The van der Waals surface area contributed by atoms with Crippen LogP contribution < -0.4 is 0 Å². The van der Waals surface area contributed by atoms with Gasteiger partial charge in [-0.25, -0.2) is 4.79 Å². The van der Waals surface area contributed by atoms with E-state index in [2.05, 4.69) is 17.1 Å². The minimum absolute atomic E-state index is 0.107. The van der Waals surface area contributed by atoms with Crippen LogP contribution in [0.4, 0.5) is 0 Å². The molecule has 0 amide bonds. The molecule has 2 heterocycles. The molecule has 0 radical (unpaired) electrons. The maximum atomic E-state index is 12.3. The third-order valence-electron chi connectivity index (χ3n) is 4.74. The van der Waals surface area contributed by atoms with E-state index in [1.807, 2.05) is 24.3 Å². The van der Waals surface area contributed by atoms with E-state index in [0.29, 0.717) is 6.04 Å². The van der Waals surface area contributed by atoms with Crippen LogP contribution >= 0.6 is 11.6 Å². The standard InChI is InChI=1S/C15H14ClNO2/c1-19-14(18)15-10-4-7-12(8-10)17(15)13(15)9-2-5-11(16)6-3-9/h2-7,10,12-13H,8H2,1H3/t10-,12+,13+,15+,17?/m0/s1. The van der Waals surface area contributed by atoms with Gasteiger partial charge in [-0.05, 0) is 24.1 Å². The van der Waals surface area contributed by atoms with Gasteiger partial charge >= 0.3 is 5.97 Å². The van der Waals surface area contributed by atoms with Gasteiger partial charge in [0.05, 0.1) is 13.2 Å². The highest BCUT2D eigenvalue weighted by Gasteiger charge is 2.78. The number of methoxy groups -OCH3 is 1. The molecule has 2 fully saturated rings. The first-order valence-corrected chi connectivity index (χ1v) is 6.88. The van der Waals surface area contributed by atoms with Gasteiger partial charge in [0, 0.05) is 17.0 Å². The van der Waals surface area contributed by atoms with Crippen molar-refractivity contribution in [3.8, 4) is 0 Å². The summed E-state index contributed by atoms with van der Waals surface area (Å²) in [6, 6.07) is 8.30. The van der Waals surface area contributed by atoms with E-state index in [-0.39, 0.29) is 17.9 Å². The molecule has 3 nitrogen and oxygen atoms in total. The summed E-state index contributed by atoms with van der Waals surface area (Å²) in [5.74, 6) is 0.176. The fourth-order valence-corrected chi connectivity index (χ4v) is 4.12. The fourth-order valence-electron chi connectivity index (χ4n) is 3.99. The molecular weight excluding hydrogens is 262 g/mol. The van der Waals surface area contributed by atoms with E-state index in [1.165, 1.54) is 7.11 Å². The molecule has 1 aromatic carbocycles. The lowest BCUT2D eigenvalue weighted by molar-refractivity contribution is -0.145. The fraction of sp³-hybridized carbons (Fsp3) is 0.400. The van der Waals surface area contributed by atoms with Crippen molar-refractivity contribution in [2.75, 3.05) is 7.11 Å². The molecule has 5 atom stereocenters. The van der Waals surface area contributed by atoms with E-state index in [1.54, 1.807) is 0 Å². The quantitative estimate of drug-likeness (QED) is 0.472. The second-order valence-corrected chi connectivity index (χ2v) is 5.91. The van der Waals surface area contributed by atoms with Gasteiger partial charge in [-0.3, -0.25) is 4.90 Å². The Morgan fingerprint density at radius 2 is 2.11 bits per heavy atom. The Kier molecular flexibility index (Phi) is 2.19. The maximum Gasteiger partial charge on any atom is 0.328 e. The SMILES string of the molecule is COC(=O)[C@]12[C@H]3C=C[C@H](C3)N1[C@@H]2c1ccc(Cl)cc1. The van der Waals surface area contributed by atoms with E-state index in [0.717, 1.165) is 17.0 Å². The van der Waals surface area contributed by atoms with Crippen molar-refractivity contribution in [1.29, 1.82) is 0 Å². The van der Waals surface area contributed by atoms with Crippen LogP contribution in [0.15, 0.2) is 36.4 Å². The number of halogens is 1. The number of ether oxygens (including phenoxy) is 1. The minimum Gasteiger partial charge on any atom is -0.468 e. The van der Waals surface area contributed by atoms with E-state index in [4.69, 9.17) is 16.3 Å². The van der Waals surface area contributed by atoms with Crippen LogP contribution in [0.5, 0.6) is 0 Å². The molecule has 4 heteroatoms. The maximum absolute atomic E-state index is 12.3. The Morgan fingerprint density at radius 3 is 2.79 bits per heavy atom. The molecule has 1 aromatic rings. The van der Waals surface area contributed by atoms with Gasteiger partial charge in [-0.2, -0.15) is 0 Å². The molecule has 2 saturated heterocycles. The number of fused-ring (bicyclic) bond motifs is 5. The second-order valence-electron chi connectivity index (χ2n) is 5.47. The van der Waals surface area contributed by atoms with Crippen molar-refractivity contribution in [1.82, 2.24) is 4.90 Å². The van der Waals surface area contributed by atoms with Gasteiger partial charge in [0.25, 0.3) is 0 Å². The van der Waals surface area contributed by atoms with Crippen molar-refractivity contribution in [3.05, 3.63) is 47.0 Å². The van der Waals surface area contributed by atoms with Crippen LogP contribution in [-0.4, -0.2) is 29.6 Å². The lowest BCUT2D eigenvalue weighted by Crippen LogP contribution is -2.35. The zero-order valence-electron chi connectivity index (χ0n) is 10.5. The molecule has 0 aromatic heterocycles. The number of carbonyl (C=O) groups is 1. The Balaban J connectivity index is 1.76. The smallest absolute Gasteiger partial charge is 0.328 e. The Bertz CT molecular complexity index is 582. The van der Waals surface area contributed by atoms with Crippen molar-refractivity contribution in [3.63, 3.8) is 0 Å². The molecular formula is C15H14ClNO2. The van der Waals surface area contributed by atoms with E-state index < -0.39 is 5.54 Å².